The van der Waals surface area contributed by atoms with Crippen molar-refractivity contribution in [3.05, 3.63) is 59.4 Å². The van der Waals surface area contributed by atoms with Crippen LogP contribution < -0.4 is 5.73 Å². The zero-order valence-electron chi connectivity index (χ0n) is 14.0. The van der Waals surface area contributed by atoms with Gasteiger partial charge < -0.3 is 15.1 Å². The second-order valence-corrected chi connectivity index (χ2v) is 6.25. The Morgan fingerprint density at radius 3 is 2.84 bits per heavy atom. The smallest absolute Gasteiger partial charge is 0.292 e. The van der Waals surface area contributed by atoms with Crippen LogP contribution in [0.4, 0.5) is 6.01 Å². The molecule has 0 radical (unpaired) electrons. The molecule has 1 atom stereocenters. The third kappa shape index (κ3) is 1.66. The fourth-order valence-corrected chi connectivity index (χ4v) is 4.11. The first-order valence-corrected chi connectivity index (χ1v) is 7.96. The van der Waals surface area contributed by atoms with Crippen molar-refractivity contribution in [3.8, 4) is 11.3 Å². The lowest BCUT2D eigenvalue weighted by molar-refractivity contribution is -0.131. The maximum Gasteiger partial charge on any atom is 0.292 e. The number of hydrogen-bond acceptors (Lipinski definition) is 5. The van der Waals surface area contributed by atoms with Gasteiger partial charge >= 0.3 is 0 Å². The zero-order valence-corrected chi connectivity index (χ0v) is 14.0. The van der Waals surface area contributed by atoms with Crippen molar-refractivity contribution in [3.63, 3.8) is 0 Å². The second kappa shape index (κ2) is 4.92. The zero-order chi connectivity index (χ0) is 17.9. The molecule has 2 aliphatic rings. The Hall–Kier alpha value is -3.15. The number of aromatic nitrogens is 1. The molecule has 0 saturated carbocycles. The summed E-state index contributed by atoms with van der Waals surface area (Å²) < 4.78 is 5.59. The van der Waals surface area contributed by atoms with Gasteiger partial charge in [-0.25, -0.2) is 0 Å². The van der Waals surface area contributed by atoms with E-state index < -0.39 is 5.41 Å². The van der Waals surface area contributed by atoms with Crippen LogP contribution in [0.1, 0.15) is 25.1 Å². The molecule has 1 aromatic carbocycles. The van der Waals surface area contributed by atoms with E-state index in [1.54, 1.807) is 17.9 Å². The van der Waals surface area contributed by atoms with Gasteiger partial charge in [0.1, 0.15) is 5.69 Å². The number of amides is 1. The standard InChI is InChI=1S/C19H17N3O3/c1-4-9-22-10(2)14(11(3)23)19(17(22)24)13-8-6-5-7-12(13)15-16(19)21-18(20)25-15/h4-8H,1,9H2,2-3H3,(H2,20,21)/t19-/m0/s1. The lowest BCUT2D eigenvalue weighted by atomic mass is 9.73. The molecular formula is C19H17N3O3. The number of allylic oxidation sites excluding steroid dienone is 1. The molecule has 0 saturated heterocycles. The maximum atomic E-state index is 13.5. The van der Waals surface area contributed by atoms with Crippen LogP contribution in [0, 0.1) is 0 Å². The molecule has 1 aromatic heterocycles. The van der Waals surface area contributed by atoms with E-state index in [4.69, 9.17) is 10.2 Å². The highest BCUT2D eigenvalue weighted by atomic mass is 16.4. The molecule has 1 aliphatic carbocycles. The van der Waals surface area contributed by atoms with Crippen molar-refractivity contribution in [2.45, 2.75) is 19.3 Å². The number of carbonyl (C=O) groups excluding carboxylic acids is 2. The molecule has 0 fully saturated rings. The minimum atomic E-state index is -1.30. The Labute approximate surface area is 144 Å². The Kier molecular flexibility index (Phi) is 3.03. The van der Waals surface area contributed by atoms with Crippen molar-refractivity contribution >= 4 is 17.7 Å². The van der Waals surface area contributed by atoms with E-state index in [0.717, 1.165) is 5.56 Å². The lowest BCUT2D eigenvalue weighted by Gasteiger charge is -2.26. The number of rotatable bonds is 3. The highest BCUT2D eigenvalue weighted by Gasteiger charge is 2.62. The van der Waals surface area contributed by atoms with E-state index in [-0.39, 0.29) is 17.7 Å². The van der Waals surface area contributed by atoms with E-state index in [2.05, 4.69) is 11.6 Å². The van der Waals surface area contributed by atoms with Crippen LogP contribution in [-0.2, 0) is 15.0 Å². The number of ketones is 1. The fraction of sp³-hybridized carbons (Fsp3) is 0.211. The molecule has 4 rings (SSSR count). The Morgan fingerprint density at radius 2 is 2.16 bits per heavy atom. The van der Waals surface area contributed by atoms with Gasteiger partial charge in [0, 0.05) is 23.4 Å². The number of Topliss-reactive ketones (excluding diaryl/α,β-unsaturated/α-hetero) is 1. The number of nitrogens with zero attached hydrogens (tertiary/aromatic N) is 2. The first-order chi connectivity index (χ1) is 11.9. The molecule has 1 amide bonds. The largest absolute Gasteiger partial charge is 0.423 e. The predicted molar refractivity (Wildman–Crippen MR) is 92.4 cm³/mol. The van der Waals surface area contributed by atoms with Gasteiger partial charge in [0.25, 0.3) is 6.01 Å². The number of hydrogen-bond donors (Lipinski definition) is 1. The first kappa shape index (κ1) is 15.4. The molecular weight excluding hydrogens is 318 g/mol. The van der Waals surface area contributed by atoms with Crippen molar-refractivity contribution in [1.82, 2.24) is 9.88 Å². The van der Waals surface area contributed by atoms with Crippen molar-refractivity contribution in [2.24, 2.45) is 0 Å². The van der Waals surface area contributed by atoms with Crippen LogP contribution in [0.5, 0.6) is 0 Å². The molecule has 0 bridgehead atoms. The van der Waals surface area contributed by atoms with Crippen molar-refractivity contribution in [1.29, 1.82) is 0 Å². The van der Waals surface area contributed by atoms with Gasteiger partial charge in [-0.15, -0.1) is 6.58 Å². The molecule has 6 nitrogen and oxygen atoms in total. The van der Waals surface area contributed by atoms with Gasteiger partial charge in [-0.05, 0) is 19.4 Å². The van der Waals surface area contributed by atoms with Crippen LogP contribution in [0.25, 0.3) is 11.3 Å². The molecule has 1 aliphatic heterocycles. The Bertz CT molecular complexity index is 986. The van der Waals surface area contributed by atoms with E-state index >= 15 is 0 Å². The number of benzene rings is 1. The summed E-state index contributed by atoms with van der Waals surface area (Å²) in [5.74, 6) is 0.0460. The van der Waals surface area contributed by atoms with Crippen LogP contribution in [-0.4, -0.2) is 28.1 Å². The van der Waals surface area contributed by atoms with Crippen LogP contribution in [0.15, 0.2) is 52.6 Å². The van der Waals surface area contributed by atoms with E-state index in [0.29, 0.717) is 34.8 Å². The highest BCUT2D eigenvalue weighted by Crippen LogP contribution is 2.57. The maximum absolute atomic E-state index is 13.5. The van der Waals surface area contributed by atoms with Gasteiger partial charge in [0.2, 0.25) is 5.91 Å². The quantitative estimate of drug-likeness (QED) is 0.870. The van der Waals surface area contributed by atoms with Gasteiger partial charge in [-0.1, -0.05) is 30.3 Å². The Morgan fingerprint density at radius 1 is 1.44 bits per heavy atom. The highest BCUT2D eigenvalue weighted by molar-refractivity contribution is 6.15. The summed E-state index contributed by atoms with van der Waals surface area (Å²) >= 11 is 0. The third-order valence-electron chi connectivity index (χ3n) is 4.95. The van der Waals surface area contributed by atoms with E-state index in [9.17, 15) is 9.59 Å². The molecule has 6 heteroatoms. The lowest BCUT2D eigenvalue weighted by Crippen LogP contribution is -2.41. The molecule has 25 heavy (non-hydrogen) atoms. The van der Waals surface area contributed by atoms with E-state index in [1.807, 2.05) is 24.3 Å². The summed E-state index contributed by atoms with van der Waals surface area (Å²) in [7, 11) is 0. The molecule has 126 valence electrons. The van der Waals surface area contributed by atoms with Crippen LogP contribution >= 0.6 is 0 Å². The normalized spacial score (nSPS) is 21.0. The van der Waals surface area contributed by atoms with Gasteiger partial charge in [-0.2, -0.15) is 4.98 Å². The first-order valence-electron chi connectivity index (χ1n) is 7.96. The summed E-state index contributed by atoms with van der Waals surface area (Å²) in [5.41, 5.74) is 7.34. The molecule has 0 unspecified atom stereocenters. The van der Waals surface area contributed by atoms with Gasteiger partial charge in [0.05, 0.1) is 0 Å². The topological polar surface area (TPSA) is 89.4 Å². The summed E-state index contributed by atoms with van der Waals surface area (Å²) in [6, 6.07) is 7.37. The number of nitrogen functional groups attached to an aromatic ring is 1. The Balaban J connectivity index is 2.14. The summed E-state index contributed by atoms with van der Waals surface area (Å²) in [6.45, 7) is 7.27. The van der Waals surface area contributed by atoms with Gasteiger partial charge in [-0.3, -0.25) is 9.59 Å². The number of fused-ring (bicyclic) bond motifs is 5. The molecule has 2 aromatic rings. The molecule has 2 heterocycles. The van der Waals surface area contributed by atoms with Crippen LogP contribution in [0.3, 0.4) is 0 Å². The number of carbonyl (C=O) groups is 2. The SMILES string of the molecule is C=CCN1C(=O)[C@]2(C(C(C)=O)=C1C)c1ccccc1-c1oc(N)nc12. The molecule has 1 spiro atoms. The second-order valence-electron chi connectivity index (χ2n) is 6.25. The van der Waals surface area contributed by atoms with Crippen LogP contribution in [0.2, 0.25) is 0 Å². The summed E-state index contributed by atoms with van der Waals surface area (Å²) in [6.07, 6.45) is 1.64. The minimum absolute atomic E-state index is 0.0191. The predicted octanol–water partition coefficient (Wildman–Crippen LogP) is 2.41. The van der Waals surface area contributed by atoms with E-state index in [1.165, 1.54) is 6.92 Å². The fourth-order valence-electron chi connectivity index (χ4n) is 4.11. The average Bonchev–Trinajstić information content (AvgIpc) is 3.14. The summed E-state index contributed by atoms with van der Waals surface area (Å²) in [4.78, 5) is 32.0. The van der Waals surface area contributed by atoms with Crippen molar-refractivity contribution in [2.75, 3.05) is 12.3 Å². The van der Waals surface area contributed by atoms with Crippen molar-refractivity contribution < 1.29 is 14.0 Å². The third-order valence-corrected chi connectivity index (χ3v) is 4.95. The average molecular weight is 335 g/mol. The summed E-state index contributed by atoms with van der Waals surface area (Å²) in [5, 5.41) is 0. The monoisotopic (exact) mass is 335 g/mol. The minimum Gasteiger partial charge on any atom is -0.423 e. The van der Waals surface area contributed by atoms with Gasteiger partial charge in [0.15, 0.2) is 17.0 Å². The molecule has 2 N–H and O–H groups in total. The number of nitrogens with two attached hydrogens (primary N) is 1. The number of anilines is 1. The number of oxazole rings is 1.